The molecule has 0 amide bonds. The number of hydrogen-bond acceptors (Lipinski definition) is 1. The minimum Gasteiger partial charge on any atom is -0.360 e. The molecule has 0 aromatic rings. The molecule has 74 valence electrons. The van der Waals surface area contributed by atoms with Crippen LogP contribution in [0.5, 0.6) is 0 Å². The standard InChI is InChI=1S/C10H18N2S/c1-8-3-2-6-12(7-8)10(13)11-9-4-5-9/h8-9H,2-7H2,1H3,(H,11,13). The molecule has 1 saturated carbocycles. The van der Waals surface area contributed by atoms with Crippen molar-refractivity contribution in [3.8, 4) is 0 Å². The highest BCUT2D eigenvalue weighted by atomic mass is 32.1. The molecular formula is C10H18N2S. The second kappa shape index (κ2) is 3.82. The summed E-state index contributed by atoms with van der Waals surface area (Å²) < 4.78 is 0. The second-order valence-electron chi connectivity index (χ2n) is 4.42. The molecule has 1 N–H and O–H groups in total. The van der Waals surface area contributed by atoms with E-state index in [9.17, 15) is 0 Å². The maximum absolute atomic E-state index is 5.36. The van der Waals surface area contributed by atoms with E-state index in [-0.39, 0.29) is 0 Å². The Hall–Kier alpha value is -0.310. The number of hydrogen-bond donors (Lipinski definition) is 1. The molecule has 2 nitrogen and oxygen atoms in total. The summed E-state index contributed by atoms with van der Waals surface area (Å²) in [6.07, 6.45) is 5.28. The zero-order valence-corrected chi connectivity index (χ0v) is 9.07. The summed E-state index contributed by atoms with van der Waals surface area (Å²) in [4.78, 5) is 2.34. The van der Waals surface area contributed by atoms with Gasteiger partial charge in [0, 0.05) is 19.1 Å². The Morgan fingerprint density at radius 1 is 1.38 bits per heavy atom. The minimum absolute atomic E-state index is 0.699. The lowest BCUT2D eigenvalue weighted by Crippen LogP contribution is -2.45. The third kappa shape index (κ3) is 2.56. The predicted octanol–water partition coefficient (Wildman–Crippen LogP) is 1.76. The molecule has 2 aliphatic rings. The summed E-state index contributed by atoms with van der Waals surface area (Å²) >= 11 is 5.36. The van der Waals surface area contributed by atoms with Crippen LogP contribution in [0.1, 0.15) is 32.6 Å². The van der Waals surface area contributed by atoms with Crippen molar-refractivity contribution in [3.05, 3.63) is 0 Å². The zero-order chi connectivity index (χ0) is 9.26. The van der Waals surface area contributed by atoms with E-state index >= 15 is 0 Å². The van der Waals surface area contributed by atoms with Crippen LogP contribution in [-0.2, 0) is 0 Å². The lowest BCUT2D eigenvalue weighted by molar-refractivity contribution is 0.270. The smallest absolute Gasteiger partial charge is 0.169 e. The van der Waals surface area contributed by atoms with Crippen LogP contribution in [-0.4, -0.2) is 29.1 Å². The Kier molecular flexibility index (Phi) is 2.72. The molecule has 1 saturated heterocycles. The average molecular weight is 198 g/mol. The first kappa shape index (κ1) is 9.25. The van der Waals surface area contributed by atoms with Gasteiger partial charge >= 0.3 is 0 Å². The summed E-state index contributed by atoms with van der Waals surface area (Å²) in [5.41, 5.74) is 0. The summed E-state index contributed by atoms with van der Waals surface area (Å²) in [6.45, 7) is 4.62. The first-order valence-electron chi connectivity index (χ1n) is 5.31. The van der Waals surface area contributed by atoms with Gasteiger partial charge in [-0.15, -0.1) is 0 Å². The van der Waals surface area contributed by atoms with Gasteiger partial charge in [0.25, 0.3) is 0 Å². The van der Waals surface area contributed by atoms with Gasteiger partial charge in [0.1, 0.15) is 0 Å². The molecule has 0 bridgehead atoms. The molecule has 0 radical (unpaired) electrons. The predicted molar refractivity (Wildman–Crippen MR) is 58.7 cm³/mol. The van der Waals surface area contributed by atoms with E-state index in [1.165, 1.54) is 25.7 Å². The van der Waals surface area contributed by atoms with Crippen LogP contribution < -0.4 is 5.32 Å². The Morgan fingerprint density at radius 2 is 2.15 bits per heavy atom. The number of likely N-dealkylation sites (tertiary alicyclic amines) is 1. The van der Waals surface area contributed by atoms with E-state index in [0.717, 1.165) is 24.1 Å². The quantitative estimate of drug-likeness (QED) is 0.646. The maximum atomic E-state index is 5.36. The highest BCUT2D eigenvalue weighted by molar-refractivity contribution is 7.80. The Bertz CT molecular complexity index is 201. The van der Waals surface area contributed by atoms with Gasteiger partial charge in [0.15, 0.2) is 5.11 Å². The molecule has 13 heavy (non-hydrogen) atoms. The maximum Gasteiger partial charge on any atom is 0.169 e. The van der Waals surface area contributed by atoms with Crippen molar-refractivity contribution in [1.29, 1.82) is 0 Å². The van der Waals surface area contributed by atoms with Crippen molar-refractivity contribution in [2.45, 2.75) is 38.6 Å². The van der Waals surface area contributed by atoms with Gasteiger partial charge in [-0.25, -0.2) is 0 Å². The Balaban J connectivity index is 1.80. The summed E-state index contributed by atoms with van der Waals surface area (Å²) in [6, 6.07) is 0.699. The van der Waals surface area contributed by atoms with Crippen molar-refractivity contribution in [3.63, 3.8) is 0 Å². The molecule has 1 atom stereocenters. The van der Waals surface area contributed by atoms with Crippen LogP contribution in [0.15, 0.2) is 0 Å². The van der Waals surface area contributed by atoms with E-state index in [1.807, 2.05) is 0 Å². The van der Waals surface area contributed by atoms with E-state index in [0.29, 0.717) is 6.04 Å². The molecule has 1 heterocycles. The molecule has 0 aromatic heterocycles. The highest BCUT2D eigenvalue weighted by Gasteiger charge is 2.25. The van der Waals surface area contributed by atoms with Gasteiger partial charge in [0.2, 0.25) is 0 Å². The molecule has 0 spiro atoms. The SMILES string of the molecule is CC1CCCN(C(=S)NC2CC2)C1. The molecule has 2 rings (SSSR count). The molecule has 0 aromatic carbocycles. The van der Waals surface area contributed by atoms with Crippen LogP contribution in [0.4, 0.5) is 0 Å². The fourth-order valence-electron chi connectivity index (χ4n) is 1.87. The first-order chi connectivity index (χ1) is 6.25. The van der Waals surface area contributed by atoms with Gasteiger partial charge in [-0.1, -0.05) is 6.92 Å². The molecule has 2 fully saturated rings. The van der Waals surface area contributed by atoms with E-state index in [2.05, 4.69) is 17.1 Å². The van der Waals surface area contributed by atoms with E-state index < -0.39 is 0 Å². The highest BCUT2D eigenvalue weighted by Crippen LogP contribution is 2.20. The zero-order valence-electron chi connectivity index (χ0n) is 8.25. The second-order valence-corrected chi connectivity index (χ2v) is 4.80. The average Bonchev–Trinajstić information content (AvgIpc) is 2.88. The van der Waals surface area contributed by atoms with Crippen LogP contribution in [0, 0.1) is 5.92 Å². The van der Waals surface area contributed by atoms with Crippen molar-refractivity contribution >= 4 is 17.3 Å². The molecular weight excluding hydrogens is 180 g/mol. The Morgan fingerprint density at radius 3 is 2.77 bits per heavy atom. The van der Waals surface area contributed by atoms with Gasteiger partial charge in [-0.2, -0.15) is 0 Å². The number of nitrogens with one attached hydrogen (secondary N) is 1. The molecule has 1 aliphatic heterocycles. The molecule has 1 aliphatic carbocycles. The van der Waals surface area contributed by atoms with Gasteiger partial charge in [-0.05, 0) is 43.8 Å². The lowest BCUT2D eigenvalue weighted by Gasteiger charge is -2.33. The van der Waals surface area contributed by atoms with Crippen LogP contribution >= 0.6 is 12.2 Å². The van der Waals surface area contributed by atoms with Crippen LogP contribution in [0.25, 0.3) is 0 Å². The monoisotopic (exact) mass is 198 g/mol. The van der Waals surface area contributed by atoms with E-state index in [4.69, 9.17) is 12.2 Å². The van der Waals surface area contributed by atoms with Crippen molar-refractivity contribution in [2.24, 2.45) is 5.92 Å². The minimum atomic E-state index is 0.699. The summed E-state index contributed by atoms with van der Waals surface area (Å²) in [5, 5.41) is 4.40. The number of rotatable bonds is 1. The number of thiocarbonyl (C=S) groups is 1. The topological polar surface area (TPSA) is 15.3 Å². The van der Waals surface area contributed by atoms with Gasteiger partial charge < -0.3 is 10.2 Å². The Labute approximate surface area is 85.7 Å². The third-order valence-corrected chi connectivity index (χ3v) is 3.23. The molecule has 1 unspecified atom stereocenters. The lowest BCUT2D eigenvalue weighted by atomic mass is 10.0. The van der Waals surface area contributed by atoms with Crippen LogP contribution in [0.3, 0.4) is 0 Å². The number of piperidine rings is 1. The van der Waals surface area contributed by atoms with Crippen molar-refractivity contribution in [2.75, 3.05) is 13.1 Å². The van der Waals surface area contributed by atoms with Gasteiger partial charge in [0.05, 0.1) is 0 Å². The van der Waals surface area contributed by atoms with Crippen molar-refractivity contribution < 1.29 is 0 Å². The van der Waals surface area contributed by atoms with Gasteiger partial charge in [-0.3, -0.25) is 0 Å². The number of nitrogens with zero attached hydrogens (tertiary/aromatic N) is 1. The fourth-order valence-corrected chi connectivity index (χ4v) is 2.20. The third-order valence-electron chi connectivity index (χ3n) is 2.85. The first-order valence-corrected chi connectivity index (χ1v) is 5.72. The molecule has 3 heteroatoms. The normalized spacial score (nSPS) is 28.7. The van der Waals surface area contributed by atoms with Crippen molar-refractivity contribution in [1.82, 2.24) is 10.2 Å². The fraction of sp³-hybridized carbons (Fsp3) is 0.900. The largest absolute Gasteiger partial charge is 0.360 e. The summed E-state index contributed by atoms with van der Waals surface area (Å²) in [5.74, 6) is 0.813. The van der Waals surface area contributed by atoms with Crippen LogP contribution in [0.2, 0.25) is 0 Å². The van der Waals surface area contributed by atoms with E-state index in [1.54, 1.807) is 0 Å². The summed E-state index contributed by atoms with van der Waals surface area (Å²) in [7, 11) is 0.